The minimum atomic E-state index is -3.39. The molecule has 26 heavy (non-hydrogen) atoms. The number of aromatic amines is 1. The van der Waals surface area contributed by atoms with Crippen LogP contribution in [0.2, 0.25) is 5.02 Å². The number of halogens is 2. The zero-order valence-electron chi connectivity index (χ0n) is 13.2. The minimum Gasteiger partial charge on any atom is -0.449 e. The number of fused-ring (bicyclic) bond motifs is 3. The number of sulfone groups is 1. The lowest BCUT2D eigenvalue weighted by Gasteiger charge is -2.06. The van der Waals surface area contributed by atoms with Crippen LogP contribution in [0.15, 0.2) is 55.0 Å². The van der Waals surface area contributed by atoms with E-state index in [0.717, 1.165) is 10.7 Å². The van der Waals surface area contributed by atoms with Gasteiger partial charge < -0.3 is 9.40 Å². The summed E-state index contributed by atoms with van der Waals surface area (Å²) >= 11 is 9.62. The van der Waals surface area contributed by atoms with Crippen LogP contribution in [0.4, 0.5) is 0 Å². The van der Waals surface area contributed by atoms with Crippen LogP contribution in [0.1, 0.15) is 0 Å². The van der Waals surface area contributed by atoms with Crippen molar-refractivity contribution in [2.75, 3.05) is 6.26 Å². The molecule has 0 radical (unpaired) electrons. The molecule has 4 rings (SSSR count). The summed E-state index contributed by atoms with van der Waals surface area (Å²) < 4.78 is 29.7. The van der Waals surface area contributed by atoms with E-state index in [1.54, 1.807) is 12.1 Å². The van der Waals surface area contributed by atoms with Gasteiger partial charge in [0, 0.05) is 21.7 Å². The Morgan fingerprint density at radius 3 is 2.65 bits per heavy atom. The molecule has 2 aromatic carbocycles. The van der Waals surface area contributed by atoms with Crippen LogP contribution in [0, 0.1) is 0 Å². The number of hydrogen-bond acceptors (Lipinski definition) is 5. The van der Waals surface area contributed by atoms with Crippen LogP contribution in [-0.4, -0.2) is 24.6 Å². The standard InChI is InChI=1S/C17H10BrClN2O4S/c1-26(23,24)9-3-4-10(12(19)7-9)16-20-14-11-6-8(18)2-5-13(11)25-15(14)17(22)21-16/h2-7H,1H3,(H,20,21,22). The zero-order chi connectivity index (χ0) is 18.6. The molecule has 132 valence electrons. The second-order valence-electron chi connectivity index (χ2n) is 5.75. The van der Waals surface area contributed by atoms with Crippen molar-refractivity contribution >= 4 is 59.4 Å². The molecule has 0 aliphatic carbocycles. The Morgan fingerprint density at radius 2 is 1.96 bits per heavy atom. The van der Waals surface area contributed by atoms with Gasteiger partial charge in [0.05, 0.1) is 9.92 Å². The van der Waals surface area contributed by atoms with E-state index in [1.807, 2.05) is 6.07 Å². The molecule has 0 saturated carbocycles. The molecule has 0 saturated heterocycles. The molecule has 2 aromatic heterocycles. The van der Waals surface area contributed by atoms with Crippen molar-refractivity contribution in [2.24, 2.45) is 0 Å². The molecule has 0 aliphatic heterocycles. The summed E-state index contributed by atoms with van der Waals surface area (Å²) in [6.45, 7) is 0. The highest BCUT2D eigenvalue weighted by Crippen LogP contribution is 2.31. The fourth-order valence-corrected chi connectivity index (χ4v) is 4.01. The molecule has 9 heteroatoms. The molecule has 4 aromatic rings. The average Bonchev–Trinajstić information content (AvgIpc) is 2.92. The number of nitrogens with zero attached hydrogens (tertiary/aromatic N) is 1. The minimum absolute atomic E-state index is 0.0902. The normalized spacial score (nSPS) is 12.1. The Bertz CT molecular complexity index is 1360. The summed E-state index contributed by atoms with van der Waals surface area (Å²) in [6.07, 6.45) is 1.10. The summed E-state index contributed by atoms with van der Waals surface area (Å²) in [5, 5.41) is 0.856. The summed E-state index contributed by atoms with van der Waals surface area (Å²) in [5.41, 5.74) is 1.04. The predicted molar refractivity (Wildman–Crippen MR) is 103 cm³/mol. The summed E-state index contributed by atoms with van der Waals surface area (Å²) in [4.78, 5) is 19.6. The SMILES string of the molecule is CS(=O)(=O)c1ccc(-c2nc3c(oc4ccc(Br)cc43)c(=O)[nH]2)c(Cl)c1. The van der Waals surface area contributed by atoms with Gasteiger partial charge in [-0.2, -0.15) is 0 Å². The Hall–Kier alpha value is -2.16. The lowest BCUT2D eigenvalue weighted by atomic mass is 10.2. The van der Waals surface area contributed by atoms with E-state index in [1.165, 1.54) is 18.2 Å². The van der Waals surface area contributed by atoms with Crippen LogP contribution >= 0.6 is 27.5 Å². The van der Waals surface area contributed by atoms with Crippen LogP contribution in [0.25, 0.3) is 33.5 Å². The maximum absolute atomic E-state index is 12.4. The van der Waals surface area contributed by atoms with Crippen molar-refractivity contribution < 1.29 is 12.8 Å². The fraction of sp³-hybridized carbons (Fsp3) is 0.0588. The second kappa shape index (κ2) is 5.94. The topological polar surface area (TPSA) is 93.0 Å². The zero-order valence-corrected chi connectivity index (χ0v) is 16.4. The van der Waals surface area contributed by atoms with Crippen LogP contribution in [-0.2, 0) is 9.84 Å². The Balaban J connectivity index is 1.99. The summed E-state index contributed by atoms with van der Waals surface area (Å²) in [5.74, 6) is 0.232. The number of furan rings is 1. The van der Waals surface area contributed by atoms with E-state index < -0.39 is 15.4 Å². The number of nitrogens with one attached hydrogen (secondary N) is 1. The number of aromatic nitrogens is 2. The fourth-order valence-electron chi connectivity index (χ4n) is 2.67. The summed E-state index contributed by atoms with van der Waals surface area (Å²) in [7, 11) is -3.39. The number of H-pyrrole nitrogens is 1. The third kappa shape index (κ3) is 2.84. The van der Waals surface area contributed by atoms with E-state index in [9.17, 15) is 13.2 Å². The Labute approximate surface area is 160 Å². The highest BCUT2D eigenvalue weighted by molar-refractivity contribution is 9.10. The Kier molecular flexibility index (Phi) is 3.94. The lowest BCUT2D eigenvalue weighted by molar-refractivity contribution is 0.602. The van der Waals surface area contributed by atoms with Crippen LogP contribution in [0.5, 0.6) is 0 Å². The van der Waals surface area contributed by atoms with E-state index in [4.69, 9.17) is 16.0 Å². The second-order valence-corrected chi connectivity index (χ2v) is 9.09. The van der Waals surface area contributed by atoms with Gasteiger partial charge in [-0.1, -0.05) is 27.5 Å². The maximum Gasteiger partial charge on any atom is 0.294 e. The van der Waals surface area contributed by atoms with Gasteiger partial charge in [-0.25, -0.2) is 13.4 Å². The van der Waals surface area contributed by atoms with Gasteiger partial charge in [0.2, 0.25) is 5.58 Å². The molecule has 2 heterocycles. The molecular weight excluding hydrogens is 444 g/mol. The van der Waals surface area contributed by atoms with Gasteiger partial charge in [0.15, 0.2) is 9.84 Å². The van der Waals surface area contributed by atoms with Crippen LogP contribution in [0.3, 0.4) is 0 Å². The van der Waals surface area contributed by atoms with Crippen molar-refractivity contribution in [3.63, 3.8) is 0 Å². The van der Waals surface area contributed by atoms with Gasteiger partial charge in [-0.3, -0.25) is 4.79 Å². The van der Waals surface area contributed by atoms with E-state index in [2.05, 4.69) is 25.9 Å². The van der Waals surface area contributed by atoms with Crippen molar-refractivity contribution in [1.29, 1.82) is 0 Å². The van der Waals surface area contributed by atoms with Crippen molar-refractivity contribution in [3.8, 4) is 11.4 Å². The van der Waals surface area contributed by atoms with Gasteiger partial charge in [-0.15, -0.1) is 0 Å². The monoisotopic (exact) mass is 452 g/mol. The first-order chi connectivity index (χ1) is 12.2. The molecule has 1 N–H and O–H groups in total. The number of hydrogen-bond donors (Lipinski definition) is 1. The van der Waals surface area contributed by atoms with Gasteiger partial charge in [0.25, 0.3) is 5.56 Å². The molecule has 0 atom stereocenters. The first kappa shape index (κ1) is 17.3. The van der Waals surface area contributed by atoms with Crippen molar-refractivity contribution in [3.05, 3.63) is 56.2 Å². The van der Waals surface area contributed by atoms with Gasteiger partial charge in [0.1, 0.15) is 16.9 Å². The predicted octanol–water partition coefficient (Wildman–Crippen LogP) is 4.16. The van der Waals surface area contributed by atoms with Gasteiger partial charge >= 0.3 is 0 Å². The first-order valence-electron chi connectivity index (χ1n) is 7.36. The highest BCUT2D eigenvalue weighted by Gasteiger charge is 2.17. The largest absolute Gasteiger partial charge is 0.449 e. The van der Waals surface area contributed by atoms with Crippen molar-refractivity contribution in [1.82, 2.24) is 9.97 Å². The highest BCUT2D eigenvalue weighted by atomic mass is 79.9. The van der Waals surface area contributed by atoms with Crippen LogP contribution < -0.4 is 5.56 Å². The molecule has 0 unspecified atom stereocenters. The molecule has 6 nitrogen and oxygen atoms in total. The first-order valence-corrected chi connectivity index (χ1v) is 10.4. The molecule has 0 spiro atoms. The summed E-state index contributed by atoms with van der Waals surface area (Å²) in [6, 6.07) is 9.63. The third-order valence-electron chi connectivity index (χ3n) is 3.91. The molecule has 0 fully saturated rings. The maximum atomic E-state index is 12.4. The third-order valence-corrected chi connectivity index (χ3v) is 5.83. The quantitative estimate of drug-likeness (QED) is 0.492. The van der Waals surface area contributed by atoms with Gasteiger partial charge in [-0.05, 0) is 36.4 Å². The molecule has 0 amide bonds. The molecular formula is C17H10BrClN2O4S. The van der Waals surface area contributed by atoms with E-state index in [0.29, 0.717) is 22.0 Å². The number of rotatable bonds is 2. The van der Waals surface area contributed by atoms with E-state index in [-0.39, 0.29) is 21.3 Å². The lowest BCUT2D eigenvalue weighted by Crippen LogP contribution is -2.08. The van der Waals surface area contributed by atoms with E-state index >= 15 is 0 Å². The molecule has 0 aliphatic rings. The number of benzene rings is 2. The molecule has 0 bridgehead atoms. The Morgan fingerprint density at radius 1 is 1.19 bits per heavy atom. The van der Waals surface area contributed by atoms with Crippen molar-refractivity contribution in [2.45, 2.75) is 4.90 Å². The average molecular weight is 454 g/mol. The smallest absolute Gasteiger partial charge is 0.294 e.